The lowest BCUT2D eigenvalue weighted by Crippen LogP contribution is -2.37. The average Bonchev–Trinajstić information content (AvgIpc) is 4.03. The van der Waals surface area contributed by atoms with Crippen molar-refractivity contribution >= 4 is 39.5 Å². The van der Waals surface area contributed by atoms with Crippen molar-refractivity contribution in [3.05, 3.63) is 163 Å². The number of aromatic nitrogens is 4. The van der Waals surface area contributed by atoms with E-state index in [4.69, 9.17) is 23.2 Å². The van der Waals surface area contributed by atoms with Crippen molar-refractivity contribution in [2.24, 2.45) is 0 Å². The Hall–Kier alpha value is -7.97. The number of amides is 2. The Labute approximate surface area is 306 Å². The third kappa shape index (κ3) is 5.47. The van der Waals surface area contributed by atoms with Gasteiger partial charge in [0.15, 0.2) is 11.5 Å². The van der Waals surface area contributed by atoms with Crippen LogP contribution in [0.1, 0.15) is 26.3 Å². The van der Waals surface area contributed by atoms with Gasteiger partial charge in [0.05, 0.1) is 51.6 Å². The molecule has 9 rings (SSSR count). The van der Waals surface area contributed by atoms with Gasteiger partial charge in [0, 0.05) is 46.7 Å². The number of fused-ring (bicyclic) bond motifs is 2. The Bertz CT molecular complexity index is 2740. The van der Waals surface area contributed by atoms with Gasteiger partial charge in [0.25, 0.3) is 11.8 Å². The van der Waals surface area contributed by atoms with E-state index in [-0.39, 0.29) is 45.4 Å². The fourth-order valence-corrected chi connectivity index (χ4v) is 6.48. The minimum atomic E-state index is -0.762. The SMILES string of the molecule is N#Cc1c(N(C(=O)c2cc(-c3ccncc3)nc3ccccc23)C(=O)c2cc(-c3ccncc3)nc3ccccc23)oc(-c2ccco2)c1-c1ccco1. The van der Waals surface area contributed by atoms with Gasteiger partial charge < -0.3 is 13.3 Å². The van der Waals surface area contributed by atoms with Gasteiger partial charge in [0.1, 0.15) is 17.4 Å². The van der Waals surface area contributed by atoms with E-state index >= 15 is 9.59 Å². The number of furan rings is 3. The normalized spacial score (nSPS) is 11.1. The maximum Gasteiger partial charge on any atom is 0.268 e. The van der Waals surface area contributed by atoms with E-state index in [2.05, 4.69) is 16.0 Å². The summed E-state index contributed by atoms with van der Waals surface area (Å²) < 4.78 is 18.0. The van der Waals surface area contributed by atoms with Gasteiger partial charge in [0.2, 0.25) is 5.88 Å². The molecule has 0 saturated carbocycles. The van der Waals surface area contributed by atoms with Gasteiger partial charge in [-0.15, -0.1) is 0 Å². The molecule has 11 nitrogen and oxygen atoms in total. The number of benzene rings is 2. The second kappa shape index (κ2) is 13.3. The highest BCUT2D eigenvalue weighted by Gasteiger charge is 2.37. The number of hydrogen-bond acceptors (Lipinski definition) is 10. The first kappa shape index (κ1) is 32.0. The number of nitriles is 1. The number of carbonyl (C=O) groups is 2. The van der Waals surface area contributed by atoms with Gasteiger partial charge in [-0.3, -0.25) is 19.6 Å². The fraction of sp³-hybridized carbons (Fsp3) is 0. The van der Waals surface area contributed by atoms with Crippen LogP contribution >= 0.6 is 0 Å². The van der Waals surface area contributed by atoms with E-state index in [9.17, 15) is 5.26 Å². The molecule has 0 atom stereocenters. The van der Waals surface area contributed by atoms with E-state index in [1.807, 2.05) is 12.1 Å². The summed E-state index contributed by atoms with van der Waals surface area (Å²) in [5, 5.41) is 11.8. The van der Waals surface area contributed by atoms with E-state index in [1.165, 1.54) is 12.5 Å². The number of nitrogens with zero attached hydrogens (tertiary/aromatic N) is 6. The predicted molar refractivity (Wildman–Crippen MR) is 200 cm³/mol. The zero-order valence-corrected chi connectivity index (χ0v) is 28.1. The summed E-state index contributed by atoms with van der Waals surface area (Å²) >= 11 is 0. The zero-order chi connectivity index (χ0) is 36.6. The van der Waals surface area contributed by atoms with Crippen LogP contribution in [0.3, 0.4) is 0 Å². The van der Waals surface area contributed by atoms with Gasteiger partial charge in [-0.2, -0.15) is 5.26 Å². The van der Waals surface area contributed by atoms with Gasteiger partial charge in [-0.25, -0.2) is 14.9 Å². The summed E-state index contributed by atoms with van der Waals surface area (Å²) in [7, 11) is 0. The Kier molecular flexibility index (Phi) is 7.87. The van der Waals surface area contributed by atoms with E-state index in [1.54, 1.807) is 122 Å². The van der Waals surface area contributed by atoms with Crippen LogP contribution in [0.5, 0.6) is 0 Å². The summed E-state index contributed by atoms with van der Waals surface area (Å²) in [6.45, 7) is 0. The summed E-state index contributed by atoms with van der Waals surface area (Å²) in [4.78, 5) is 49.7. The predicted octanol–water partition coefficient (Wildman–Crippen LogP) is 9.38. The van der Waals surface area contributed by atoms with Crippen molar-refractivity contribution < 1.29 is 22.8 Å². The van der Waals surface area contributed by atoms with Crippen LogP contribution in [0.4, 0.5) is 5.88 Å². The van der Waals surface area contributed by atoms with Crippen LogP contribution in [-0.2, 0) is 0 Å². The van der Waals surface area contributed by atoms with Gasteiger partial charge in [-0.1, -0.05) is 36.4 Å². The van der Waals surface area contributed by atoms with Gasteiger partial charge >= 0.3 is 0 Å². The fourth-order valence-electron chi connectivity index (χ4n) is 6.48. The molecule has 0 bridgehead atoms. The number of anilines is 1. The lowest BCUT2D eigenvalue weighted by molar-refractivity contribution is 0.0893. The van der Waals surface area contributed by atoms with Crippen molar-refractivity contribution in [2.45, 2.75) is 0 Å². The summed E-state index contributed by atoms with van der Waals surface area (Å²) in [5.41, 5.74) is 3.81. The van der Waals surface area contributed by atoms with Crippen molar-refractivity contribution in [2.75, 3.05) is 4.90 Å². The first-order chi connectivity index (χ1) is 26.6. The molecule has 0 N–H and O–H groups in total. The number of hydrogen-bond donors (Lipinski definition) is 0. The Morgan fingerprint density at radius 1 is 0.611 bits per heavy atom. The zero-order valence-electron chi connectivity index (χ0n) is 28.1. The quantitative estimate of drug-likeness (QED) is 0.147. The molecule has 7 heterocycles. The van der Waals surface area contributed by atoms with Crippen LogP contribution < -0.4 is 4.90 Å². The minimum Gasteiger partial charge on any atom is -0.464 e. The van der Waals surface area contributed by atoms with Crippen LogP contribution in [0.25, 0.3) is 67.2 Å². The number of pyridine rings is 4. The molecular formula is C43H24N6O5. The molecule has 0 saturated heterocycles. The molecule has 0 unspecified atom stereocenters. The third-order valence-corrected chi connectivity index (χ3v) is 8.97. The molecule has 0 aliphatic rings. The Morgan fingerprint density at radius 2 is 1.11 bits per heavy atom. The molecule has 0 fully saturated rings. The maximum atomic E-state index is 15.4. The van der Waals surface area contributed by atoms with E-state index in [0.717, 1.165) is 4.90 Å². The van der Waals surface area contributed by atoms with Crippen molar-refractivity contribution in [3.8, 4) is 51.4 Å². The van der Waals surface area contributed by atoms with Crippen LogP contribution in [0.2, 0.25) is 0 Å². The maximum absolute atomic E-state index is 15.4. The second-order valence-corrected chi connectivity index (χ2v) is 12.1. The molecule has 2 aromatic carbocycles. The molecule has 11 heteroatoms. The number of rotatable bonds is 7. The van der Waals surface area contributed by atoms with E-state index in [0.29, 0.717) is 44.3 Å². The molecule has 54 heavy (non-hydrogen) atoms. The summed E-state index contributed by atoms with van der Waals surface area (Å²) in [6.07, 6.45) is 9.44. The largest absolute Gasteiger partial charge is 0.464 e. The standard InChI is InChI=1S/C43H24N6O5/c44-25-32-39(37-11-5-21-52-37)40(38-12-6-22-53-38)54-43(32)49(41(50)30-23-35(26-13-17-45-18-14-26)47-33-9-3-1-7-28(30)33)42(51)31-24-36(27-15-19-46-20-16-27)48-34-10-4-2-8-29(31)34/h1-24H. The lowest BCUT2D eigenvalue weighted by atomic mass is 10.0. The topological polar surface area (TPSA) is 152 Å². The average molecular weight is 705 g/mol. The molecule has 9 aromatic rings. The molecule has 0 radical (unpaired) electrons. The van der Waals surface area contributed by atoms with Crippen LogP contribution in [-0.4, -0.2) is 31.8 Å². The van der Waals surface area contributed by atoms with Crippen LogP contribution in [0.15, 0.2) is 160 Å². The minimum absolute atomic E-state index is 0.0984. The first-order valence-electron chi connectivity index (χ1n) is 16.7. The highest BCUT2D eigenvalue weighted by Crippen LogP contribution is 2.44. The van der Waals surface area contributed by atoms with E-state index < -0.39 is 11.8 Å². The number of carbonyl (C=O) groups excluding carboxylic acids is 2. The van der Waals surface area contributed by atoms with Gasteiger partial charge in [-0.05, 0) is 72.8 Å². The Balaban J connectivity index is 1.34. The van der Waals surface area contributed by atoms with Crippen molar-refractivity contribution in [1.29, 1.82) is 5.26 Å². The third-order valence-electron chi connectivity index (χ3n) is 8.97. The smallest absolute Gasteiger partial charge is 0.268 e. The molecular weight excluding hydrogens is 681 g/mol. The molecule has 0 aliphatic carbocycles. The molecule has 2 amide bonds. The molecule has 7 aromatic heterocycles. The number of imide groups is 1. The molecule has 0 aliphatic heterocycles. The number of para-hydroxylation sites is 2. The lowest BCUT2D eigenvalue weighted by Gasteiger charge is -2.21. The second-order valence-electron chi connectivity index (χ2n) is 12.1. The highest BCUT2D eigenvalue weighted by molar-refractivity contribution is 6.30. The first-order valence-corrected chi connectivity index (χ1v) is 16.7. The Morgan fingerprint density at radius 3 is 1.59 bits per heavy atom. The van der Waals surface area contributed by atoms with Crippen molar-refractivity contribution in [3.63, 3.8) is 0 Å². The summed E-state index contributed by atoms with van der Waals surface area (Å²) in [5.74, 6) is -1.21. The highest BCUT2D eigenvalue weighted by atomic mass is 16.4. The van der Waals surface area contributed by atoms with Crippen LogP contribution in [0, 0.1) is 11.3 Å². The monoisotopic (exact) mass is 704 g/mol. The molecule has 256 valence electrons. The summed E-state index contributed by atoms with van der Waals surface area (Å²) in [6, 6.07) is 33.5. The van der Waals surface area contributed by atoms with Crippen molar-refractivity contribution in [1.82, 2.24) is 19.9 Å². The molecule has 0 spiro atoms.